The molecule has 0 aromatic heterocycles. The summed E-state index contributed by atoms with van der Waals surface area (Å²) >= 11 is 0. The van der Waals surface area contributed by atoms with Crippen LogP contribution in [-0.2, 0) is 10.8 Å². The highest BCUT2D eigenvalue weighted by Gasteiger charge is 2.74. The third kappa shape index (κ3) is 4.29. The molecule has 2 nitrogen and oxygen atoms in total. The fraction of sp³-hybridized carbons (Fsp3) is 0.250. The lowest BCUT2D eigenvalue weighted by molar-refractivity contribution is -0.290. The van der Waals surface area contributed by atoms with Gasteiger partial charge in [-0.3, -0.25) is 0 Å². The van der Waals surface area contributed by atoms with Gasteiger partial charge in [0, 0.05) is 11.4 Å². The molecular weight excluding hydrogens is 544 g/mol. The van der Waals surface area contributed by atoms with E-state index in [9.17, 15) is 52.7 Å². The minimum atomic E-state index is -6.14. The van der Waals surface area contributed by atoms with Crippen LogP contribution in [0.2, 0.25) is 0 Å². The second-order valence-corrected chi connectivity index (χ2v) is 8.32. The van der Waals surface area contributed by atoms with Crippen molar-refractivity contribution < 1.29 is 52.7 Å². The van der Waals surface area contributed by atoms with E-state index >= 15 is 0 Å². The van der Waals surface area contributed by atoms with Crippen LogP contribution in [0.5, 0.6) is 0 Å². The van der Waals surface area contributed by atoms with Gasteiger partial charge in [-0.15, -0.1) is 0 Å². The average molecular weight is 560 g/mol. The molecule has 0 bridgehead atoms. The van der Waals surface area contributed by atoms with Gasteiger partial charge in [-0.25, -0.2) is 0 Å². The van der Waals surface area contributed by atoms with Gasteiger partial charge in [0.1, 0.15) is 0 Å². The summed E-state index contributed by atoms with van der Waals surface area (Å²) in [4.78, 5) is 0. The number of alkyl halides is 12. The quantitative estimate of drug-likeness (QED) is 0.254. The van der Waals surface area contributed by atoms with Gasteiger partial charge in [0.15, 0.2) is 0 Å². The van der Waals surface area contributed by atoms with E-state index in [1.54, 1.807) is 0 Å². The molecule has 14 heteroatoms. The van der Waals surface area contributed by atoms with Gasteiger partial charge in [-0.05, 0) is 46.5 Å². The summed E-state index contributed by atoms with van der Waals surface area (Å²) in [7, 11) is 0. The highest BCUT2D eigenvalue weighted by Crippen LogP contribution is 2.59. The van der Waals surface area contributed by atoms with Crippen molar-refractivity contribution in [3.8, 4) is 0 Å². The number of halogens is 12. The van der Waals surface area contributed by atoms with E-state index in [0.29, 0.717) is 24.3 Å². The first kappa shape index (κ1) is 29.0. The molecule has 0 saturated heterocycles. The zero-order valence-electron chi connectivity index (χ0n) is 18.6. The Morgan fingerprint density at radius 3 is 0.842 bits per heavy atom. The second kappa shape index (κ2) is 9.02. The molecule has 3 aromatic carbocycles. The van der Waals surface area contributed by atoms with Crippen LogP contribution in [0.25, 0.3) is 0 Å². The minimum Gasteiger partial charge on any atom is -0.399 e. The predicted molar refractivity (Wildman–Crippen MR) is 114 cm³/mol. The average Bonchev–Trinajstić information content (AvgIpc) is 2.72. The second-order valence-electron chi connectivity index (χ2n) is 8.32. The number of nitrogens with two attached hydrogens (primary N) is 2. The molecule has 0 radical (unpaired) electrons. The molecule has 0 unspecified atom stereocenters. The maximum Gasteiger partial charge on any atom is 0.411 e. The fourth-order valence-corrected chi connectivity index (χ4v) is 4.48. The van der Waals surface area contributed by atoms with E-state index in [1.165, 1.54) is 0 Å². The number of nitrogen functional groups attached to an aromatic ring is 2. The molecule has 206 valence electrons. The molecule has 0 aliphatic heterocycles. The summed E-state index contributed by atoms with van der Waals surface area (Å²) in [5, 5.41) is 0. The smallest absolute Gasteiger partial charge is 0.399 e. The van der Waals surface area contributed by atoms with Gasteiger partial charge in [0.2, 0.25) is 10.8 Å². The van der Waals surface area contributed by atoms with Gasteiger partial charge in [-0.1, -0.05) is 48.5 Å². The highest BCUT2D eigenvalue weighted by molar-refractivity contribution is 5.54. The lowest BCUT2D eigenvalue weighted by atomic mass is 9.69. The Morgan fingerprint density at radius 2 is 0.632 bits per heavy atom. The fourth-order valence-electron chi connectivity index (χ4n) is 4.48. The SMILES string of the molecule is Nc1cccc(C(c2ccc(C(c3cccc(N)c3)(C(F)(F)F)C(F)(F)F)cc2)(C(F)(F)F)C(F)(F)F)c1. The standard InChI is InChI=1S/C24H16F12N2/c25-21(26,27)19(22(28,29)30,15-3-1-5-17(37)11-15)13-7-9-14(10-8-13)20(23(31,32)33,24(34,35)36)16-4-2-6-18(38)12-16/h1-12H,37-38H2. The van der Waals surface area contributed by atoms with Gasteiger partial charge < -0.3 is 11.5 Å². The van der Waals surface area contributed by atoms with Crippen molar-refractivity contribution in [1.82, 2.24) is 0 Å². The van der Waals surface area contributed by atoms with Crippen molar-refractivity contribution in [1.29, 1.82) is 0 Å². The number of rotatable bonds is 4. The van der Waals surface area contributed by atoms with Gasteiger partial charge in [-0.2, -0.15) is 52.7 Å². The maximum atomic E-state index is 14.3. The summed E-state index contributed by atoms with van der Waals surface area (Å²) in [6.07, 6.45) is -24.6. The van der Waals surface area contributed by atoms with Crippen LogP contribution in [0.1, 0.15) is 22.3 Å². The lowest BCUT2D eigenvalue weighted by Crippen LogP contribution is -2.55. The highest BCUT2D eigenvalue weighted by atomic mass is 19.4. The van der Waals surface area contributed by atoms with E-state index in [-0.39, 0.29) is 24.3 Å². The number of hydrogen-bond acceptors (Lipinski definition) is 2. The summed E-state index contributed by atoms with van der Waals surface area (Å²) in [6.45, 7) is 0. The van der Waals surface area contributed by atoms with Crippen molar-refractivity contribution >= 4 is 11.4 Å². The van der Waals surface area contributed by atoms with E-state index in [0.717, 1.165) is 24.3 Å². The zero-order chi connectivity index (χ0) is 28.9. The molecule has 3 rings (SSSR count). The van der Waals surface area contributed by atoms with Gasteiger partial charge in [0.05, 0.1) is 0 Å². The van der Waals surface area contributed by atoms with Gasteiger partial charge >= 0.3 is 24.7 Å². The van der Waals surface area contributed by atoms with Crippen LogP contribution in [0.3, 0.4) is 0 Å². The molecule has 0 aliphatic rings. The molecule has 0 atom stereocenters. The number of anilines is 2. The van der Waals surface area contributed by atoms with Crippen LogP contribution in [0.4, 0.5) is 64.1 Å². The number of hydrogen-bond donors (Lipinski definition) is 2. The van der Waals surface area contributed by atoms with Crippen molar-refractivity contribution in [3.63, 3.8) is 0 Å². The van der Waals surface area contributed by atoms with E-state index in [4.69, 9.17) is 11.5 Å². The minimum absolute atomic E-state index is 0.0575. The van der Waals surface area contributed by atoms with E-state index in [1.807, 2.05) is 0 Å². The molecule has 38 heavy (non-hydrogen) atoms. The van der Waals surface area contributed by atoms with Crippen LogP contribution in [-0.4, -0.2) is 24.7 Å². The van der Waals surface area contributed by atoms with Gasteiger partial charge in [0.25, 0.3) is 0 Å². The molecule has 3 aromatic rings. The number of benzene rings is 3. The van der Waals surface area contributed by atoms with Crippen LogP contribution in [0, 0.1) is 0 Å². The first-order valence-electron chi connectivity index (χ1n) is 10.3. The van der Waals surface area contributed by atoms with Crippen LogP contribution < -0.4 is 11.5 Å². The third-order valence-electron chi connectivity index (χ3n) is 6.09. The largest absolute Gasteiger partial charge is 0.411 e. The maximum absolute atomic E-state index is 14.3. The van der Waals surface area contributed by atoms with Crippen molar-refractivity contribution in [2.45, 2.75) is 35.5 Å². The van der Waals surface area contributed by atoms with Crippen molar-refractivity contribution in [2.75, 3.05) is 11.5 Å². The molecule has 0 saturated carbocycles. The first-order chi connectivity index (χ1) is 17.2. The molecule has 0 spiro atoms. The lowest BCUT2D eigenvalue weighted by Gasteiger charge is -2.40. The van der Waals surface area contributed by atoms with Crippen molar-refractivity contribution in [2.24, 2.45) is 0 Å². The van der Waals surface area contributed by atoms with Crippen LogP contribution in [0.15, 0.2) is 72.8 Å². The molecule has 0 aliphatic carbocycles. The monoisotopic (exact) mass is 560 g/mol. The normalized spacial score (nSPS) is 14.0. The molecule has 4 N–H and O–H groups in total. The molecule has 0 heterocycles. The zero-order valence-corrected chi connectivity index (χ0v) is 18.6. The summed E-state index contributed by atoms with van der Waals surface area (Å²) in [6, 6.07) is 5.00. The Bertz CT molecular complexity index is 1160. The Balaban J connectivity index is 2.42. The topological polar surface area (TPSA) is 52.0 Å². The molecular formula is C24H16F12N2. The molecule has 0 amide bonds. The van der Waals surface area contributed by atoms with Crippen molar-refractivity contribution in [3.05, 3.63) is 95.1 Å². The van der Waals surface area contributed by atoms with E-state index in [2.05, 4.69) is 0 Å². The Labute approximate surface area is 206 Å². The summed E-state index contributed by atoms with van der Waals surface area (Å²) < 4.78 is 171. The summed E-state index contributed by atoms with van der Waals surface area (Å²) in [5.74, 6) is 0. The summed E-state index contributed by atoms with van der Waals surface area (Å²) in [5.41, 5.74) is -6.09. The first-order valence-corrected chi connectivity index (χ1v) is 10.3. The Kier molecular flexibility index (Phi) is 6.88. The third-order valence-corrected chi connectivity index (χ3v) is 6.09. The van der Waals surface area contributed by atoms with E-state index < -0.39 is 69.2 Å². The molecule has 0 fully saturated rings. The van der Waals surface area contributed by atoms with Crippen LogP contribution >= 0.6 is 0 Å². The predicted octanol–water partition coefficient (Wildman–Crippen LogP) is 7.67. The Hall–Kier alpha value is -3.58. The Morgan fingerprint density at radius 1 is 0.368 bits per heavy atom.